The van der Waals surface area contributed by atoms with E-state index in [2.05, 4.69) is 26.1 Å². The van der Waals surface area contributed by atoms with Gasteiger partial charge in [-0.1, -0.05) is 24.3 Å². The van der Waals surface area contributed by atoms with Gasteiger partial charge in [-0.05, 0) is 77.4 Å². The van der Waals surface area contributed by atoms with Crippen LogP contribution < -0.4 is 10.5 Å². The van der Waals surface area contributed by atoms with Gasteiger partial charge >= 0.3 is 12.1 Å². The number of ether oxygens (including phenoxy) is 1. The summed E-state index contributed by atoms with van der Waals surface area (Å²) in [7, 11) is -3.71. The van der Waals surface area contributed by atoms with Gasteiger partial charge in [-0.3, -0.25) is 9.69 Å². The first kappa shape index (κ1) is 35.4. The summed E-state index contributed by atoms with van der Waals surface area (Å²) in [5, 5.41) is 18.3. The number of aromatic hydroxyl groups is 1. The molecule has 4 heterocycles. The molecule has 0 bridgehead atoms. The van der Waals surface area contributed by atoms with Gasteiger partial charge in [0, 0.05) is 83.1 Å². The summed E-state index contributed by atoms with van der Waals surface area (Å²) in [6, 6.07) is 12.8. The number of amides is 4. The third-order valence-electron chi connectivity index (χ3n) is 10.2. The zero-order valence-electron chi connectivity index (χ0n) is 27.4. The van der Waals surface area contributed by atoms with Gasteiger partial charge in [-0.15, -0.1) is 0 Å². The first-order valence-corrected chi connectivity index (χ1v) is 19.1. The number of rotatable bonds is 7. The van der Waals surface area contributed by atoms with E-state index in [-0.39, 0.29) is 36.2 Å². The summed E-state index contributed by atoms with van der Waals surface area (Å²) in [6.07, 6.45) is 1.90. The molecule has 49 heavy (non-hydrogen) atoms. The van der Waals surface area contributed by atoms with E-state index in [1.54, 1.807) is 21.9 Å². The second-order valence-corrected chi connectivity index (χ2v) is 15.5. The quantitative estimate of drug-likeness (QED) is 0.387. The van der Waals surface area contributed by atoms with Crippen molar-refractivity contribution in [1.29, 1.82) is 0 Å². The van der Waals surface area contributed by atoms with Crippen LogP contribution in [0.5, 0.6) is 5.75 Å². The maximum atomic E-state index is 13.9. The average molecular weight is 763 g/mol. The molecule has 3 saturated heterocycles. The molecule has 4 amide bonds. The average Bonchev–Trinajstić information content (AvgIpc) is 3.27. The highest BCUT2D eigenvalue weighted by Crippen LogP contribution is 2.28. The van der Waals surface area contributed by atoms with E-state index in [0.29, 0.717) is 76.2 Å². The van der Waals surface area contributed by atoms with Crippen LogP contribution in [0, 0.1) is 0 Å². The number of halogens is 1. The van der Waals surface area contributed by atoms with Crippen molar-refractivity contribution in [2.24, 2.45) is 5.14 Å². The van der Waals surface area contributed by atoms with E-state index >= 15 is 0 Å². The number of fused-ring (bicyclic) bond motifs is 1. The summed E-state index contributed by atoms with van der Waals surface area (Å²) in [5.74, 6) is -0.203. The van der Waals surface area contributed by atoms with Crippen LogP contribution in [0.1, 0.15) is 36.8 Å². The van der Waals surface area contributed by atoms with Crippen molar-refractivity contribution in [1.82, 2.24) is 23.9 Å². The minimum absolute atomic E-state index is 0.0193. The van der Waals surface area contributed by atoms with Gasteiger partial charge in [0.25, 0.3) is 16.1 Å². The van der Waals surface area contributed by atoms with Gasteiger partial charge in [-0.2, -0.15) is 12.7 Å². The molecule has 1 atom stereocenters. The van der Waals surface area contributed by atoms with Gasteiger partial charge in [0.2, 0.25) is 0 Å². The normalized spacial score (nSPS) is 21.1. The summed E-state index contributed by atoms with van der Waals surface area (Å²) in [4.78, 5) is 48.0. The number of benzene rings is 2. The molecule has 266 valence electrons. The molecule has 2 aromatic carbocycles. The number of phenolic OH excluding ortho intramolecular Hbond substituents is 1. The van der Waals surface area contributed by atoms with E-state index in [9.17, 15) is 27.9 Å². The van der Waals surface area contributed by atoms with Crippen LogP contribution in [-0.2, 0) is 32.6 Å². The summed E-state index contributed by atoms with van der Waals surface area (Å²) in [6.45, 7) is 4.21. The minimum Gasteiger partial charge on any atom is -0.507 e. The lowest BCUT2D eigenvalue weighted by Gasteiger charge is -2.42. The van der Waals surface area contributed by atoms with Gasteiger partial charge in [0.1, 0.15) is 5.75 Å². The Morgan fingerprint density at radius 1 is 0.918 bits per heavy atom. The molecule has 0 unspecified atom stereocenters. The van der Waals surface area contributed by atoms with Crippen LogP contribution in [0.4, 0.5) is 15.3 Å². The predicted molar refractivity (Wildman–Crippen MR) is 186 cm³/mol. The summed E-state index contributed by atoms with van der Waals surface area (Å²) >= 11 is 3.34. The number of urea groups is 1. The number of piperazine rings is 1. The van der Waals surface area contributed by atoms with Crippen LogP contribution in [0.25, 0.3) is 0 Å². The van der Waals surface area contributed by atoms with E-state index in [0.717, 1.165) is 36.1 Å². The topological polar surface area (TPSA) is 169 Å². The largest absolute Gasteiger partial charge is 0.507 e. The monoisotopic (exact) mass is 761 g/mol. The van der Waals surface area contributed by atoms with Crippen LogP contribution >= 0.6 is 15.9 Å². The van der Waals surface area contributed by atoms with E-state index in [4.69, 9.17) is 9.88 Å². The number of nitrogens with two attached hydrogens (primary N) is 1. The Kier molecular flexibility index (Phi) is 11.0. The highest BCUT2D eigenvalue weighted by Gasteiger charge is 2.37. The first-order valence-electron chi connectivity index (χ1n) is 16.9. The fraction of sp³-hybridized carbons (Fsp3) is 0.545. The lowest BCUT2D eigenvalue weighted by Crippen LogP contribution is -2.56. The lowest BCUT2D eigenvalue weighted by atomic mass is 10.0. The summed E-state index contributed by atoms with van der Waals surface area (Å²) < 4.78 is 31.1. The Labute approximate surface area is 295 Å². The number of hydrogen-bond acceptors (Lipinski definition) is 8. The lowest BCUT2D eigenvalue weighted by molar-refractivity contribution is -0.142. The number of nitrogens with one attached hydrogen (secondary N) is 1. The highest BCUT2D eigenvalue weighted by atomic mass is 79.9. The second-order valence-electron chi connectivity index (χ2n) is 13.1. The molecule has 0 spiro atoms. The Balaban J connectivity index is 1.06. The van der Waals surface area contributed by atoms with Crippen LogP contribution in [0.2, 0.25) is 0 Å². The molecule has 6 rings (SSSR count). The number of nitrogens with zero attached hydrogens (tertiary/aromatic N) is 5. The van der Waals surface area contributed by atoms with Crippen molar-refractivity contribution < 1.29 is 32.6 Å². The number of hydrogen-bond donors (Lipinski definition) is 3. The zero-order valence-corrected chi connectivity index (χ0v) is 29.8. The van der Waals surface area contributed by atoms with E-state index in [1.165, 1.54) is 10.4 Å². The number of carbonyl (C=O) groups excluding carboxylic acids is 3. The Morgan fingerprint density at radius 3 is 2.24 bits per heavy atom. The second kappa shape index (κ2) is 15.2. The van der Waals surface area contributed by atoms with Gasteiger partial charge in [-0.25, -0.2) is 14.7 Å². The number of likely N-dealkylation sites (tertiary alicyclic amines) is 2. The molecular formula is C33H44BrN7O7S. The SMILES string of the molecule is NS(=O)(=O)N1CCN(C2CCN(C(=O)[C@@H](Cc3ccc(O)c(Br)c3)OC(=O)N3CCC(N4CCc5ccccc5NC4=O)CC3)CC2)CC1. The van der Waals surface area contributed by atoms with Gasteiger partial charge in [0.05, 0.1) is 4.47 Å². The molecule has 4 N–H and O–H groups in total. The molecule has 4 aliphatic rings. The molecule has 3 fully saturated rings. The fourth-order valence-electron chi connectivity index (χ4n) is 7.34. The molecule has 4 aliphatic heterocycles. The number of piperidine rings is 2. The van der Waals surface area contributed by atoms with Crippen molar-refractivity contribution in [2.75, 3.05) is 64.2 Å². The van der Waals surface area contributed by atoms with Crippen molar-refractivity contribution in [3.8, 4) is 5.75 Å². The Hall–Kier alpha value is -3.44. The molecule has 0 saturated carbocycles. The number of anilines is 1. The molecule has 0 radical (unpaired) electrons. The van der Waals surface area contributed by atoms with Crippen LogP contribution in [0.3, 0.4) is 0 Å². The highest BCUT2D eigenvalue weighted by molar-refractivity contribution is 9.10. The van der Waals surface area contributed by atoms with Crippen LogP contribution in [-0.4, -0.2) is 133 Å². The van der Waals surface area contributed by atoms with Crippen LogP contribution in [0.15, 0.2) is 46.9 Å². The first-order chi connectivity index (χ1) is 23.5. The molecule has 0 aromatic heterocycles. The minimum atomic E-state index is -3.71. The van der Waals surface area contributed by atoms with Crippen molar-refractivity contribution in [2.45, 2.75) is 56.7 Å². The van der Waals surface area contributed by atoms with Crippen molar-refractivity contribution >= 4 is 49.9 Å². The van der Waals surface area contributed by atoms with Gasteiger partial charge in [0.15, 0.2) is 6.10 Å². The molecule has 0 aliphatic carbocycles. The number of carbonyl (C=O) groups is 3. The fourth-order valence-corrected chi connectivity index (χ4v) is 8.44. The predicted octanol–water partition coefficient (Wildman–Crippen LogP) is 2.57. The zero-order chi connectivity index (χ0) is 34.7. The molecule has 16 heteroatoms. The van der Waals surface area contributed by atoms with E-state index < -0.39 is 22.4 Å². The summed E-state index contributed by atoms with van der Waals surface area (Å²) in [5.41, 5.74) is 2.66. The Bertz CT molecular complexity index is 1640. The maximum absolute atomic E-state index is 13.9. The number of para-hydroxylation sites is 1. The third kappa shape index (κ3) is 8.48. The molecule has 14 nitrogen and oxygen atoms in total. The smallest absolute Gasteiger partial charge is 0.410 e. The third-order valence-corrected chi connectivity index (χ3v) is 11.9. The van der Waals surface area contributed by atoms with E-state index in [1.807, 2.05) is 29.2 Å². The Morgan fingerprint density at radius 2 is 1.57 bits per heavy atom. The molecular weight excluding hydrogens is 718 g/mol. The molecule has 2 aromatic rings. The number of phenols is 1. The van der Waals surface area contributed by atoms with Crippen molar-refractivity contribution in [3.63, 3.8) is 0 Å². The van der Waals surface area contributed by atoms with Crippen molar-refractivity contribution in [3.05, 3.63) is 58.1 Å². The standard InChI is InChI=1S/C33H44BrN7O7S/c34-27-21-23(5-6-29(27)42)22-30(31(43)38-12-8-25(9-13-38)37-17-19-40(20-18-37)49(35,46)47)48-33(45)39-14-10-26(11-15-39)41-16-7-24-3-1-2-4-28(24)36-32(41)44/h1-6,21,25-26,30,42H,7-20,22H2,(H,36,44)(H2,35,46,47)/t30-/m1/s1. The maximum Gasteiger partial charge on any atom is 0.410 e. The van der Waals surface area contributed by atoms with Gasteiger partial charge < -0.3 is 29.9 Å².